The first-order chi connectivity index (χ1) is 9.26. The monoisotopic (exact) mass is 267 g/mol. The molecule has 1 rings (SSSR count). The van der Waals surface area contributed by atoms with Crippen LogP contribution in [0, 0.1) is 0 Å². The van der Waals surface area contributed by atoms with E-state index in [9.17, 15) is 4.79 Å². The average molecular weight is 267 g/mol. The molecule has 1 atom stereocenters. The van der Waals surface area contributed by atoms with Crippen molar-refractivity contribution in [3.05, 3.63) is 35.9 Å². The van der Waals surface area contributed by atoms with Crippen molar-refractivity contribution >= 4 is 5.97 Å². The summed E-state index contributed by atoms with van der Waals surface area (Å²) in [6.07, 6.45) is 0.219. The van der Waals surface area contributed by atoms with E-state index in [0.29, 0.717) is 19.8 Å². The molecule has 5 heteroatoms. The van der Waals surface area contributed by atoms with Gasteiger partial charge >= 0.3 is 5.97 Å². The minimum atomic E-state index is -0.264. The molecule has 0 fully saturated rings. The lowest BCUT2D eigenvalue weighted by Gasteiger charge is -2.16. The molecule has 1 N–H and O–H groups in total. The van der Waals surface area contributed by atoms with E-state index in [0.717, 1.165) is 5.56 Å². The second-order valence-corrected chi connectivity index (χ2v) is 4.05. The van der Waals surface area contributed by atoms with Gasteiger partial charge in [-0.05, 0) is 12.5 Å². The Bertz CT molecular complexity index is 356. The highest BCUT2D eigenvalue weighted by atomic mass is 16.6. The summed E-state index contributed by atoms with van der Waals surface area (Å²) in [5.41, 5.74) is 3.89. The standard InChI is InChI=1S/C14H21NO4/c1-3-18-14(16)9-13(11-17-2)15-19-10-12-7-5-4-6-8-12/h4-8,13,15H,3,9-11H2,1-2H3. The van der Waals surface area contributed by atoms with Gasteiger partial charge in [-0.25, -0.2) is 0 Å². The summed E-state index contributed by atoms with van der Waals surface area (Å²) in [4.78, 5) is 16.8. The molecule has 0 aliphatic heterocycles. The van der Waals surface area contributed by atoms with Crippen molar-refractivity contribution in [3.63, 3.8) is 0 Å². The Kier molecular flexibility index (Phi) is 7.81. The molecule has 0 radical (unpaired) electrons. The van der Waals surface area contributed by atoms with Crippen molar-refractivity contribution in [1.29, 1.82) is 0 Å². The van der Waals surface area contributed by atoms with E-state index in [-0.39, 0.29) is 18.4 Å². The first kappa shape index (κ1) is 15.6. The van der Waals surface area contributed by atoms with Gasteiger partial charge in [0.25, 0.3) is 0 Å². The number of hydroxylamine groups is 1. The maximum atomic E-state index is 11.4. The molecule has 0 heterocycles. The van der Waals surface area contributed by atoms with Gasteiger partial charge in [-0.3, -0.25) is 9.63 Å². The van der Waals surface area contributed by atoms with Crippen molar-refractivity contribution in [1.82, 2.24) is 5.48 Å². The molecule has 19 heavy (non-hydrogen) atoms. The SMILES string of the molecule is CCOC(=O)CC(COC)NOCc1ccccc1. The molecule has 106 valence electrons. The van der Waals surface area contributed by atoms with Gasteiger partial charge in [0, 0.05) is 7.11 Å². The van der Waals surface area contributed by atoms with E-state index in [2.05, 4.69) is 5.48 Å². The molecule has 0 saturated carbocycles. The number of esters is 1. The number of hydrogen-bond donors (Lipinski definition) is 1. The molecule has 0 bridgehead atoms. The van der Waals surface area contributed by atoms with Crippen LogP contribution < -0.4 is 5.48 Å². The number of rotatable bonds is 9. The summed E-state index contributed by atoms with van der Waals surface area (Å²) in [5, 5.41) is 0. The quantitative estimate of drug-likeness (QED) is 0.545. The van der Waals surface area contributed by atoms with Gasteiger partial charge < -0.3 is 9.47 Å². The lowest BCUT2D eigenvalue weighted by Crippen LogP contribution is -2.35. The zero-order valence-electron chi connectivity index (χ0n) is 11.4. The lowest BCUT2D eigenvalue weighted by atomic mass is 10.2. The fourth-order valence-corrected chi connectivity index (χ4v) is 1.57. The summed E-state index contributed by atoms with van der Waals surface area (Å²) >= 11 is 0. The molecule has 1 aromatic rings. The van der Waals surface area contributed by atoms with Crippen LogP contribution in [0.5, 0.6) is 0 Å². The Labute approximate surface area is 113 Å². The fraction of sp³-hybridized carbons (Fsp3) is 0.500. The van der Waals surface area contributed by atoms with Gasteiger partial charge in [0.2, 0.25) is 0 Å². The van der Waals surface area contributed by atoms with Gasteiger partial charge in [-0.2, -0.15) is 5.48 Å². The maximum Gasteiger partial charge on any atom is 0.307 e. The van der Waals surface area contributed by atoms with Crippen molar-refractivity contribution in [2.24, 2.45) is 0 Å². The van der Waals surface area contributed by atoms with Crippen molar-refractivity contribution in [3.8, 4) is 0 Å². The Morgan fingerprint density at radius 2 is 2.05 bits per heavy atom. The molecule has 0 saturated heterocycles. The third-order valence-corrected chi connectivity index (χ3v) is 2.42. The van der Waals surface area contributed by atoms with Gasteiger partial charge in [0.15, 0.2) is 0 Å². The largest absolute Gasteiger partial charge is 0.466 e. The Hall–Kier alpha value is -1.43. The predicted molar refractivity (Wildman–Crippen MR) is 71.3 cm³/mol. The van der Waals surface area contributed by atoms with Gasteiger partial charge in [-0.15, -0.1) is 0 Å². The van der Waals surface area contributed by atoms with Crippen LogP contribution in [0.3, 0.4) is 0 Å². The topological polar surface area (TPSA) is 56.8 Å². The van der Waals surface area contributed by atoms with E-state index in [1.54, 1.807) is 14.0 Å². The van der Waals surface area contributed by atoms with Gasteiger partial charge in [0.05, 0.1) is 32.3 Å². The van der Waals surface area contributed by atoms with Gasteiger partial charge in [-0.1, -0.05) is 30.3 Å². The molecule has 1 unspecified atom stereocenters. The predicted octanol–water partition coefficient (Wildman–Crippen LogP) is 1.68. The van der Waals surface area contributed by atoms with Crippen LogP contribution >= 0.6 is 0 Å². The normalized spacial score (nSPS) is 12.1. The zero-order chi connectivity index (χ0) is 13.9. The van der Waals surface area contributed by atoms with Crippen molar-refractivity contribution < 1.29 is 19.1 Å². The number of benzene rings is 1. The first-order valence-electron chi connectivity index (χ1n) is 6.32. The van der Waals surface area contributed by atoms with Crippen molar-refractivity contribution in [2.45, 2.75) is 26.0 Å². The van der Waals surface area contributed by atoms with E-state index >= 15 is 0 Å². The summed E-state index contributed by atoms with van der Waals surface area (Å²) in [6, 6.07) is 9.57. The number of carbonyl (C=O) groups is 1. The average Bonchev–Trinajstić information content (AvgIpc) is 2.40. The zero-order valence-corrected chi connectivity index (χ0v) is 11.4. The molecule has 5 nitrogen and oxygen atoms in total. The minimum absolute atomic E-state index is 0.215. The highest BCUT2D eigenvalue weighted by Gasteiger charge is 2.14. The molecular weight excluding hydrogens is 246 g/mol. The van der Waals surface area contributed by atoms with Crippen LogP contribution in [-0.4, -0.2) is 32.3 Å². The van der Waals surface area contributed by atoms with Crippen LogP contribution in [0.25, 0.3) is 0 Å². The Balaban J connectivity index is 2.30. The van der Waals surface area contributed by atoms with E-state index < -0.39 is 0 Å². The summed E-state index contributed by atoms with van der Waals surface area (Å²) in [7, 11) is 1.58. The summed E-state index contributed by atoms with van der Waals surface area (Å²) in [5.74, 6) is -0.264. The first-order valence-corrected chi connectivity index (χ1v) is 6.32. The molecule has 1 aromatic carbocycles. The Morgan fingerprint density at radius 1 is 1.32 bits per heavy atom. The molecule has 0 aliphatic rings. The molecule has 0 amide bonds. The van der Waals surface area contributed by atoms with Gasteiger partial charge in [0.1, 0.15) is 0 Å². The molecule has 0 aliphatic carbocycles. The maximum absolute atomic E-state index is 11.4. The van der Waals surface area contributed by atoms with Crippen LogP contribution in [0.2, 0.25) is 0 Å². The number of carbonyl (C=O) groups excluding carboxylic acids is 1. The van der Waals surface area contributed by atoms with E-state index in [1.807, 2.05) is 30.3 Å². The number of nitrogens with one attached hydrogen (secondary N) is 1. The van der Waals surface area contributed by atoms with Crippen LogP contribution in [0.4, 0.5) is 0 Å². The highest BCUT2D eigenvalue weighted by Crippen LogP contribution is 2.01. The number of hydrogen-bond acceptors (Lipinski definition) is 5. The van der Waals surface area contributed by atoms with Crippen molar-refractivity contribution in [2.75, 3.05) is 20.3 Å². The lowest BCUT2D eigenvalue weighted by molar-refractivity contribution is -0.145. The number of ether oxygens (including phenoxy) is 2. The second kappa shape index (κ2) is 9.49. The highest BCUT2D eigenvalue weighted by molar-refractivity contribution is 5.70. The third kappa shape index (κ3) is 6.91. The minimum Gasteiger partial charge on any atom is -0.466 e. The number of methoxy groups -OCH3 is 1. The summed E-state index contributed by atoms with van der Waals surface area (Å²) < 4.78 is 9.93. The van der Waals surface area contributed by atoms with E-state index in [1.165, 1.54) is 0 Å². The molecule has 0 aromatic heterocycles. The molecular formula is C14H21NO4. The summed E-state index contributed by atoms with van der Waals surface area (Å²) in [6.45, 7) is 2.98. The smallest absolute Gasteiger partial charge is 0.307 e. The Morgan fingerprint density at radius 3 is 2.68 bits per heavy atom. The fourth-order valence-electron chi connectivity index (χ4n) is 1.57. The molecule has 0 spiro atoms. The van der Waals surface area contributed by atoms with Crippen LogP contribution in [0.15, 0.2) is 30.3 Å². The van der Waals surface area contributed by atoms with E-state index in [4.69, 9.17) is 14.3 Å². The van der Waals surface area contributed by atoms with Crippen LogP contribution in [0.1, 0.15) is 18.9 Å². The van der Waals surface area contributed by atoms with Crippen LogP contribution in [-0.2, 0) is 25.7 Å². The third-order valence-electron chi connectivity index (χ3n) is 2.42. The second-order valence-electron chi connectivity index (χ2n) is 4.05.